The average molecular weight is 374 g/mol. The van der Waals surface area contributed by atoms with Crippen LogP contribution in [0.4, 0.5) is 10.5 Å². The van der Waals surface area contributed by atoms with Gasteiger partial charge in [-0.05, 0) is 47.9 Å². The third kappa shape index (κ3) is 5.88. The number of rotatable bonds is 7. The molecule has 3 rings (SSSR count). The van der Waals surface area contributed by atoms with Crippen molar-refractivity contribution in [2.45, 2.75) is 20.4 Å². The van der Waals surface area contributed by atoms with E-state index in [0.717, 1.165) is 22.7 Å². The van der Waals surface area contributed by atoms with Crippen molar-refractivity contribution in [3.8, 4) is 11.5 Å². The summed E-state index contributed by atoms with van der Waals surface area (Å²) in [7, 11) is 0. The quantitative estimate of drug-likeness (QED) is 0.537. The minimum atomic E-state index is -0.103. The van der Waals surface area contributed by atoms with Crippen LogP contribution in [0.25, 0.3) is 0 Å². The Kier molecular flexibility index (Phi) is 6.68. The molecule has 0 spiro atoms. The van der Waals surface area contributed by atoms with E-state index in [0.29, 0.717) is 19.0 Å². The molecule has 0 saturated carbocycles. The van der Waals surface area contributed by atoms with Crippen molar-refractivity contribution in [2.75, 3.05) is 11.9 Å². The van der Waals surface area contributed by atoms with Crippen LogP contribution in [0.3, 0.4) is 0 Å². The molecule has 0 unspecified atom stereocenters. The second-order valence-electron chi connectivity index (χ2n) is 7.13. The van der Waals surface area contributed by atoms with E-state index >= 15 is 0 Å². The zero-order valence-electron chi connectivity index (χ0n) is 16.3. The van der Waals surface area contributed by atoms with Gasteiger partial charge in [0.25, 0.3) is 0 Å². The maximum absolute atomic E-state index is 12.8. The molecule has 144 valence electrons. The Morgan fingerprint density at radius 3 is 2.21 bits per heavy atom. The van der Waals surface area contributed by atoms with Crippen LogP contribution in [0.15, 0.2) is 84.9 Å². The first kappa shape index (κ1) is 19.5. The molecular formula is C24H26N2O2. The van der Waals surface area contributed by atoms with Crippen LogP contribution in [-0.4, -0.2) is 17.5 Å². The fourth-order valence-corrected chi connectivity index (χ4v) is 2.94. The zero-order valence-corrected chi connectivity index (χ0v) is 16.3. The van der Waals surface area contributed by atoms with E-state index in [9.17, 15) is 4.79 Å². The van der Waals surface area contributed by atoms with Gasteiger partial charge < -0.3 is 15.0 Å². The Bertz CT molecular complexity index is 879. The van der Waals surface area contributed by atoms with Gasteiger partial charge in [-0.2, -0.15) is 0 Å². The molecule has 0 heterocycles. The van der Waals surface area contributed by atoms with Crippen LogP contribution in [0.2, 0.25) is 0 Å². The maximum atomic E-state index is 12.8. The molecule has 0 radical (unpaired) electrons. The second-order valence-corrected chi connectivity index (χ2v) is 7.13. The van der Waals surface area contributed by atoms with Crippen LogP contribution in [0.1, 0.15) is 19.4 Å². The topological polar surface area (TPSA) is 41.6 Å². The van der Waals surface area contributed by atoms with Crippen LogP contribution in [-0.2, 0) is 6.54 Å². The minimum Gasteiger partial charge on any atom is -0.457 e. The van der Waals surface area contributed by atoms with Gasteiger partial charge in [0, 0.05) is 18.8 Å². The highest BCUT2D eigenvalue weighted by Gasteiger charge is 2.16. The SMILES string of the molecule is CC(C)CN(Cc1cccc(Oc2ccccc2)c1)C(=O)Nc1ccccc1. The average Bonchev–Trinajstić information content (AvgIpc) is 2.69. The summed E-state index contributed by atoms with van der Waals surface area (Å²) in [5.41, 5.74) is 1.82. The first-order chi connectivity index (χ1) is 13.6. The highest BCUT2D eigenvalue weighted by atomic mass is 16.5. The van der Waals surface area contributed by atoms with E-state index in [1.165, 1.54) is 0 Å². The van der Waals surface area contributed by atoms with Gasteiger partial charge in [-0.3, -0.25) is 0 Å². The monoisotopic (exact) mass is 374 g/mol. The van der Waals surface area contributed by atoms with Gasteiger partial charge in [-0.15, -0.1) is 0 Å². The molecular weight excluding hydrogens is 348 g/mol. The van der Waals surface area contributed by atoms with E-state index < -0.39 is 0 Å². The van der Waals surface area contributed by atoms with Crippen molar-refractivity contribution in [3.05, 3.63) is 90.5 Å². The number of amides is 2. The standard InChI is InChI=1S/C24H26N2O2/c1-19(2)17-26(24(27)25-21-11-5-3-6-12-21)18-20-10-9-15-23(16-20)28-22-13-7-4-8-14-22/h3-16,19H,17-18H2,1-2H3,(H,25,27). The summed E-state index contributed by atoms with van der Waals surface area (Å²) in [4.78, 5) is 14.6. The van der Waals surface area contributed by atoms with Crippen molar-refractivity contribution in [3.63, 3.8) is 0 Å². The van der Waals surface area contributed by atoms with Gasteiger partial charge in [0.1, 0.15) is 11.5 Å². The highest BCUT2D eigenvalue weighted by molar-refractivity contribution is 5.89. The maximum Gasteiger partial charge on any atom is 0.322 e. The molecule has 0 atom stereocenters. The summed E-state index contributed by atoms with van der Waals surface area (Å²) < 4.78 is 5.92. The Labute approximate surface area is 166 Å². The minimum absolute atomic E-state index is 0.103. The fraction of sp³-hybridized carbons (Fsp3) is 0.208. The second kappa shape index (κ2) is 9.60. The lowest BCUT2D eigenvalue weighted by atomic mass is 10.1. The number of hydrogen-bond donors (Lipinski definition) is 1. The van der Waals surface area contributed by atoms with Gasteiger partial charge in [-0.25, -0.2) is 4.79 Å². The molecule has 2 amide bonds. The van der Waals surface area contributed by atoms with Crippen LogP contribution in [0.5, 0.6) is 11.5 Å². The number of benzene rings is 3. The third-order valence-electron chi connectivity index (χ3n) is 4.15. The third-order valence-corrected chi connectivity index (χ3v) is 4.15. The number of carbonyl (C=O) groups is 1. The molecule has 0 bridgehead atoms. The molecule has 3 aromatic rings. The fourth-order valence-electron chi connectivity index (χ4n) is 2.94. The predicted octanol–water partition coefficient (Wildman–Crippen LogP) is 6.17. The molecule has 0 fully saturated rings. The van der Waals surface area contributed by atoms with Gasteiger partial charge in [0.2, 0.25) is 0 Å². The lowest BCUT2D eigenvalue weighted by molar-refractivity contribution is 0.201. The van der Waals surface area contributed by atoms with E-state index in [-0.39, 0.29) is 6.03 Å². The zero-order chi connectivity index (χ0) is 19.8. The molecule has 28 heavy (non-hydrogen) atoms. The predicted molar refractivity (Wildman–Crippen MR) is 114 cm³/mol. The molecule has 4 heteroatoms. The Hall–Kier alpha value is -3.27. The van der Waals surface area contributed by atoms with Gasteiger partial charge in [0.05, 0.1) is 0 Å². The summed E-state index contributed by atoms with van der Waals surface area (Å²) >= 11 is 0. The van der Waals surface area contributed by atoms with Crippen molar-refractivity contribution in [2.24, 2.45) is 5.92 Å². The molecule has 1 N–H and O–H groups in total. The van der Waals surface area contributed by atoms with Gasteiger partial charge >= 0.3 is 6.03 Å². The molecule has 0 aromatic heterocycles. The van der Waals surface area contributed by atoms with E-state index in [1.54, 1.807) is 0 Å². The number of hydrogen-bond acceptors (Lipinski definition) is 2. The smallest absolute Gasteiger partial charge is 0.322 e. The van der Waals surface area contributed by atoms with E-state index in [1.807, 2.05) is 89.8 Å². The van der Waals surface area contributed by atoms with Crippen molar-refractivity contribution < 1.29 is 9.53 Å². The summed E-state index contributed by atoms with van der Waals surface area (Å²) in [5.74, 6) is 1.92. The molecule has 0 aliphatic rings. The highest BCUT2D eigenvalue weighted by Crippen LogP contribution is 2.23. The van der Waals surface area contributed by atoms with Crippen molar-refractivity contribution >= 4 is 11.7 Å². The molecule has 4 nitrogen and oxygen atoms in total. The summed E-state index contributed by atoms with van der Waals surface area (Å²) in [5, 5.41) is 2.98. The Balaban J connectivity index is 1.71. The number of nitrogens with one attached hydrogen (secondary N) is 1. The van der Waals surface area contributed by atoms with Crippen molar-refractivity contribution in [1.82, 2.24) is 4.90 Å². The molecule has 0 aliphatic carbocycles. The number of urea groups is 1. The largest absolute Gasteiger partial charge is 0.457 e. The van der Waals surface area contributed by atoms with Crippen molar-refractivity contribution in [1.29, 1.82) is 0 Å². The first-order valence-corrected chi connectivity index (χ1v) is 9.53. The summed E-state index contributed by atoms with van der Waals surface area (Å²) in [6, 6.07) is 27.0. The van der Waals surface area contributed by atoms with Crippen LogP contribution in [0, 0.1) is 5.92 Å². The Morgan fingerprint density at radius 2 is 1.54 bits per heavy atom. The number of ether oxygens (including phenoxy) is 1. The van der Waals surface area contributed by atoms with E-state index in [2.05, 4.69) is 19.2 Å². The van der Waals surface area contributed by atoms with Crippen LogP contribution < -0.4 is 10.1 Å². The lowest BCUT2D eigenvalue weighted by Gasteiger charge is -2.25. The summed E-state index contributed by atoms with van der Waals surface area (Å²) in [6.45, 7) is 5.40. The molecule has 0 aliphatic heterocycles. The van der Waals surface area contributed by atoms with Gasteiger partial charge in [-0.1, -0.05) is 62.4 Å². The summed E-state index contributed by atoms with van der Waals surface area (Å²) in [6.07, 6.45) is 0. The molecule has 3 aromatic carbocycles. The normalized spacial score (nSPS) is 10.5. The lowest BCUT2D eigenvalue weighted by Crippen LogP contribution is -2.37. The first-order valence-electron chi connectivity index (χ1n) is 9.53. The number of carbonyl (C=O) groups excluding carboxylic acids is 1. The van der Waals surface area contributed by atoms with E-state index in [4.69, 9.17) is 4.74 Å². The number of nitrogens with zero attached hydrogens (tertiary/aromatic N) is 1. The number of anilines is 1. The number of para-hydroxylation sites is 2. The molecule has 0 saturated heterocycles. The van der Waals surface area contributed by atoms with Crippen LogP contribution >= 0.6 is 0 Å². The Morgan fingerprint density at radius 1 is 0.893 bits per heavy atom. The van der Waals surface area contributed by atoms with Gasteiger partial charge in [0.15, 0.2) is 0 Å².